The fourth-order valence-electron chi connectivity index (χ4n) is 5.12. The molecule has 3 aliphatic rings. The number of carbonyl (C=O) groups excluding carboxylic acids is 1. The Morgan fingerprint density at radius 1 is 1.06 bits per heavy atom. The van der Waals surface area contributed by atoms with Crippen LogP contribution in [0.5, 0.6) is 0 Å². The molecule has 1 aliphatic carbocycles. The predicted molar refractivity (Wildman–Crippen MR) is 130 cm³/mol. The van der Waals surface area contributed by atoms with Crippen LogP contribution in [0.1, 0.15) is 36.9 Å². The number of thioether (sulfide) groups is 1. The summed E-state index contributed by atoms with van der Waals surface area (Å²) in [4.78, 5) is 34.5. The number of amides is 1. The molecule has 0 spiro atoms. The summed E-state index contributed by atoms with van der Waals surface area (Å²) < 4.78 is 7.62. The van der Waals surface area contributed by atoms with E-state index in [1.165, 1.54) is 23.0 Å². The highest BCUT2D eigenvalue weighted by atomic mass is 32.2. The molecule has 8 heteroatoms. The highest BCUT2D eigenvalue weighted by Crippen LogP contribution is 2.29. The zero-order valence-electron chi connectivity index (χ0n) is 19.1. The maximum absolute atomic E-state index is 12.9. The number of para-hydroxylation sites is 1. The summed E-state index contributed by atoms with van der Waals surface area (Å²) in [5.41, 5.74) is 3.30. The van der Waals surface area contributed by atoms with Crippen molar-refractivity contribution in [2.24, 2.45) is 0 Å². The first-order chi connectivity index (χ1) is 16.2. The van der Waals surface area contributed by atoms with Crippen molar-refractivity contribution in [2.45, 2.75) is 56.2 Å². The lowest BCUT2D eigenvalue weighted by atomic mass is 9.97. The molecular formula is C25H32N4O3S. The molecule has 1 atom stereocenters. The van der Waals surface area contributed by atoms with Crippen LogP contribution in [0, 0.1) is 0 Å². The van der Waals surface area contributed by atoms with Crippen LogP contribution in [0.3, 0.4) is 0 Å². The van der Waals surface area contributed by atoms with Gasteiger partial charge in [-0.1, -0.05) is 30.0 Å². The second-order valence-corrected chi connectivity index (χ2v) is 10.0. The third-order valence-electron chi connectivity index (χ3n) is 6.95. The van der Waals surface area contributed by atoms with Gasteiger partial charge in [-0.2, -0.15) is 4.98 Å². The molecule has 2 saturated heterocycles. The molecule has 1 amide bonds. The number of benzene rings is 1. The Bertz CT molecular complexity index is 1030. The van der Waals surface area contributed by atoms with Crippen molar-refractivity contribution >= 4 is 23.4 Å². The van der Waals surface area contributed by atoms with Gasteiger partial charge in [0.15, 0.2) is 0 Å². The van der Waals surface area contributed by atoms with E-state index in [-0.39, 0.29) is 17.7 Å². The summed E-state index contributed by atoms with van der Waals surface area (Å²) in [6, 6.07) is 10.3. The minimum atomic E-state index is -0.197. The number of nitrogens with zero attached hydrogens (tertiary/aromatic N) is 4. The van der Waals surface area contributed by atoms with Crippen molar-refractivity contribution in [3.63, 3.8) is 0 Å². The maximum Gasteiger partial charge on any atom is 0.348 e. The average molecular weight is 469 g/mol. The number of hydrogen-bond donors (Lipinski definition) is 0. The summed E-state index contributed by atoms with van der Waals surface area (Å²) in [6.45, 7) is 4.51. The molecule has 1 aromatic heterocycles. The highest BCUT2D eigenvalue weighted by Gasteiger charge is 2.26. The van der Waals surface area contributed by atoms with Gasteiger partial charge in [-0.25, -0.2) is 4.79 Å². The molecule has 0 saturated carbocycles. The fourth-order valence-corrected chi connectivity index (χ4v) is 6.10. The number of carbonyl (C=O) groups is 1. The van der Waals surface area contributed by atoms with Gasteiger partial charge in [-0.05, 0) is 50.7 Å². The van der Waals surface area contributed by atoms with Gasteiger partial charge in [-0.3, -0.25) is 9.36 Å². The van der Waals surface area contributed by atoms with Crippen molar-refractivity contribution in [3.8, 4) is 0 Å². The highest BCUT2D eigenvalue weighted by molar-refractivity contribution is 7.99. The quantitative estimate of drug-likeness (QED) is 0.480. The van der Waals surface area contributed by atoms with Gasteiger partial charge in [0.05, 0.1) is 18.4 Å². The van der Waals surface area contributed by atoms with Gasteiger partial charge < -0.3 is 14.5 Å². The minimum absolute atomic E-state index is 0.116. The zero-order chi connectivity index (χ0) is 22.6. The van der Waals surface area contributed by atoms with Crippen molar-refractivity contribution < 1.29 is 9.53 Å². The number of aromatic nitrogens is 2. The maximum atomic E-state index is 12.9. The Balaban J connectivity index is 1.23. The van der Waals surface area contributed by atoms with Crippen LogP contribution in [0.2, 0.25) is 0 Å². The van der Waals surface area contributed by atoms with Gasteiger partial charge in [0.1, 0.15) is 5.03 Å². The largest absolute Gasteiger partial charge is 0.376 e. The van der Waals surface area contributed by atoms with Crippen LogP contribution >= 0.6 is 11.8 Å². The Morgan fingerprint density at radius 2 is 1.85 bits per heavy atom. The van der Waals surface area contributed by atoms with Crippen LogP contribution in [0.25, 0.3) is 0 Å². The first-order valence-electron chi connectivity index (χ1n) is 12.1. The van der Waals surface area contributed by atoms with Crippen LogP contribution in [0.15, 0.2) is 40.2 Å². The molecule has 33 heavy (non-hydrogen) atoms. The molecule has 5 rings (SSSR count). The third-order valence-corrected chi connectivity index (χ3v) is 7.95. The monoisotopic (exact) mass is 468 g/mol. The van der Waals surface area contributed by atoms with Gasteiger partial charge in [-0.15, -0.1) is 0 Å². The molecule has 7 nitrogen and oxygen atoms in total. The van der Waals surface area contributed by atoms with E-state index in [9.17, 15) is 9.59 Å². The number of ether oxygens (including phenoxy) is 1. The second-order valence-electron chi connectivity index (χ2n) is 9.07. The normalized spacial score (nSPS) is 20.7. The Kier molecular flexibility index (Phi) is 7.02. The van der Waals surface area contributed by atoms with E-state index in [1.807, 2.05) is 27.7 Å². The predicted octanol–water partition coefficient (Wildman–Crippen LogP) is 2.74. The summed E-state index contributed by atoms with van der Waals surface area (Å²) in [6.07, 6.45) is 6.22. The standard InChI is InChI=1S/C25H32N4O3S/c30-23(28-14-12-27(13-15-28)19-7-2-1-3-8-19)18-33-24-21-10-4-5-11-22(21)29(25(31)26-24)17-20-9-6-16-32-20/h1-3,7-8,20H,4-6,9-18H2/t20-/m0/s1. The first kappa shape index (κ1) is 22.5. The Labute approximate surface area is 199 Å². The van der Waals surface area contributed by atoms with E-state index >= 15 is 0 Å². The number of piperazine rings is 1. The summed E-state index contributed by atoms with van der Waals surface area (Å²) in [5, 5.41) is 0.759. The molecule has 2 aliphatic heterocycles. The number of anilines is 1. The molecule has 0 N–H and O–H groups in total. The fraction of sp³-hybridized carbons (Fsp3) is 0.560. The first-order valence-corrected chi connectivity index (χ1v) is 13.1. The van der Waals surface area contributed by atoms with Crippen molar-refractivity contribution in [1.29, 1.82) is 0 Å². The Morgan fingerprint density at radius 3 is 2.61 bits per heavy atom. The molecule has 0 bridgehead atoms. The minimum Gasteiger partial charge on any atom is -0.376 e. The molecule has 2 aromatic rings. The van der Waals surface area contributed by atoms with E-state index in [1.54, 1.807) is 0 Å². The number of fused-ring (bicyclic) bond motifs is 1. The number of hydrogen-bond acceptors (Lipinski definition) is 6. The van der Waals surface area contributed by atoms with Crippen molar-refractivity contribution in [3.05, 3.63) is 52.1 Å². The van der Waals surface area contributed by atoms with Gasteiger partial charge in [0.2, 0.25) is 5.91 Å². The molecule has 176 valence electrons. The van der Waals surface area contributed by atoms with Crippen molar-refractivity contribution in [1.82, 2.24) is 14.5 Å². The zero-order valence-corrected chi connectivity index (χ0v) is 19.9. The third kappa shape index (κ3) is 5.11. The van der Waals surface area contributed by atoms with Crippen LogP contribution in [0.4, 0.5) is 5.69 Å². The molecule has 0 radical (unpaired) electrons. The molecule has 2 fully saturated rings. The average Bonchev–Trinajstić information content (AvgIpc) is 3.38. The summed E-state index contributed by atoms with van der Waals surface area (Å²) >= 11 is 1.44. The Hall–Kier alpha value is -2.32. The lowest BCUT2D eigenvalue weighted by molar-refractivity contribution is -0.128. The topological polar surface area (TPSA) is 67.7 Å². The van der Waals surface area contributed by atoms with E-state index in [2.05, 4.69) is 22.0 Å². The second kappa shape index (κ2) is 10.3. The van der Waals surface area contributed by atoms with Crippen LogP contribution in [-0.2, 0) is 28.9 Å². The van der Waals surface area contributed by atoms with Crippen LogP contribution < -0.4 is 10.6 Å². The molecule has 0 unspecified atom stereocenters. The smallest absolute Gasteiger partial charge is 0.348 e. The van der Waals surface area contributed by atoms with E-state index in [0.29, 0.717) is 12.3 Å². The van der Waals surface area contributed by atoms with E-state index in [0.717, 1.165) is 82.0 Å². The lowest BCUT2D eigenvalue weighted by Gasteiger charge is -2.36. The van der Waals surface area contributed by atoms with Gasteiger partial charge >= 0.3 is 5.69 Å². The van der Waals surface area contributed by atoms with Crippen LogP contribution in [-0.4, -0.2) is 65.0 Å². The molecule has 3 heterocycles. The SMILES string of the molecule is O=C(CSc1nc(=O)n(C[C@@H]2CCCO2)c2c1CCCC2)N1CCN(c2ccccc2)CC1. The summed E-state index contributed by atoms with van der Waals surface area (Å²) in [5.74, 6) is 0.461. The lowest BCUT2D eigenvalue weighted by Crippen LogP contribution is -2.49. The number of rotatable bonds is 6. The van der Waals surface area contributed by atoms with E-state index < -0.39 is 0 Å². The van der Waals surface area contributed by atoms with Gasteiger partial charge in [0, 0.05) is 49.7 Å². The molecule has 1 aromatic carbocycles. The van der Waals surface area contributed by atoms with Crippen molar-refractivity contribution in [2.75, 3.05) is 43.4 Å². The molecular weight excluding hydrogens is 436 g/mol. The summed E-state index contributed by atoms with van der Waals surface area (Å²) in [7, 11) is 0. The van der Waals surface area contributed by atoms with Gasteiger partial charge in [0.25, 0.3) is 0 Å². The van der Waals surface area contributed by atoms with E-state index in [4.69, 9.17) is 4.74 Å².